The average Bonchev–Trinajstić information content (AvgIpc) is 2.27. The van der Waals surface area contributed by atoms with Gasteiger partial charge in [-0.2, -0.15) is 0 Å². The van der Waals surface area contributed by atoms with Gasteiger partial charge in [-0.05, 0) is 40.2 Å². The molecule has 1 aliphatic rings. The van der Waals surface area contributed by atoms with Crippen LogP contribution in [0.25, 0.3) is 0 Å². The number of carbonyl (C=O) groups excluding carboxylic acids is 1. The van der Waals surface area contributed by atoms with Crippen LogP contribution in [0.1, 0.15) is 46.5 Å². The van der Waals surface area contributed by atoms with Crippen LogP contribution in [-0.2, 0) is 14.3 Å². The maximum atomic E-state index is 11.1. The Labute approximate surface area is 111 Å². The molecular weight excluding hydrogens is 230 g/mol. The van der Waals surface area contributed by atoms with Crippen LogP contribution in [0.2, 0.25) is 0 Å². The first kappa shape index (κ1) is 15.4. The molecule has 1 heterocycles. The highest BCUT2D eigenvalue weighted by Crippen LogP contribution is 2.16. The first-order chi connectivity index (χ1) is 8.53. The molecule has 0 aromatic heterocycles. The highest BCUT2D eigenvalue weighted by atomic mass is 16.5. The van der Waals surface area contributed by atoms with Crippen molar-refractivity contribution in [1.29, 1.82) is 0 Å². The van der Waals surface area contributed by atoms with Gasteiger partial charge in [-0.3, -0.25) is 9.69 Å². The Balaban J connectivity index is 2.02. The van der Waals surface area contributed by atoms with Crippen molar-refractivity contribution >= 4 is 5.97 Å². The summed E-state index contributed by atoms with van der Waals surface area (Å²) in [6, 6.07) is 0. The van der Waals surface area contributed by atoms with E-state index in [-0.39, 0.29) is 11.6 Å². The summed E-state index contributed by atoms with van der Waals surface area (Å²) in [5, 5.41) is 0. The van der Waals surface area contributed by atoms with E-state index >= 15 is 0 Å². The molecule has 18 heavy (non-hydrogen) atoms. The van der Waals surface area contributed by atoms with Gasteiger partial charge in [0.1, 0.15) is 0 Å². The standard InChI is InChI=1S/C14H27NO3/c1-4-17-13(16)8-6-5-7-9-15-10-11-18-14(2,3)12-15/h4-12H2,1-3H3. The van der Waals surface area contributed by atoms with E-state index < -0.39 is 0 Å². The minimum absolute atomic E-state index is 0.0107. The van der Waals surface area contributed by atoms with Crippen LogP contribution >= 0.6 is 0 Å². The normalized spacial score (nSPS) is 19.7. The Morgan fingerprint density at radius 3 is 2.78 bits per heavy atom. The molecule has 1 saturated heterocycles. The first-order valence-corrected chi connectivity index (χ1v) is 7.05. The summed E-state index contributed by atoms with van der Waals surface area (Å²) in [6.45, 7) is 10.6. The van der Waals surface area contributed by atoms with Crippen LogP contribution in [-0.4, -0.2) is 49.3 Å². The lowest BCUT2D eigenvalue weighted by molar-refractivity contribution is -0.143. The first-order valence-electron chi connectivity index (χ1n) is 7.05. The third-order valence-electron chi connectivity index (χ3n) is 3.17. The Morgan fingerprint density at radius 1 is 1.33 bits per heavy atom. The number of carbonyl (C=O) groups is 1. The second kappa shape index (κ2) is 7.74. The molecule has 0 atom stereocenters. The molecule has 0 radical (unpaired) electrons. The molecule has 0 bridgehead atoms. The number of unbranched alkanes of at least 4 members (excludes halogenated alkanes) is 2. The lowest BCUT2D eigenvalue weighted by Crippen LogP contribution is -2.48. The predicted octanol–water partition coefficient (Wildman–Crippen LogP) is 2.22. The largest absolute Gasteiger partial charge is 0.466 e. The van der Waals surface area contributed by atoms with Gasteiger partial charge in [0.15, 0.2) is 0 Å². The molecule has 0 amide bonds. The van der Waals surface area contributed by atoms with Crippen molar-refractivity contribution < 1.29 is 14.3 Å². The van der Waals surface area contributed by atoms with Crippen molar-refractivity contribution in [3.05, 3.63) is 0 Å². The van der Waals surface area contributed by atoms with Crippen LogP contribution in [0.3, 0.4) is 0 Å². The summed E-state index contributed by atoms with van der Waals surface area (Å²) >= 11 is 0. The van der Waals surface area contributed by atoms with E-state index in [1.165, 1.54) is 0 Å². The Morgan fingerprint density at radius 2 is 2.11 bits per heavy atom. The SMILES string of the molecule is CCOC(=O)CCCCCN1CCOC(C)(C)C1. The fourth-order valence-corrected chi connectivity index (χ4v) is 2.32. The number of rotatable bonds is 7. The minimum Gasteiger partial charge on any atom is -0.466 e. The van der Waals surface area contributed by atoms with Crippen LogP contribution < -0.4 is 0 Å². The lowest BCUT2D eigenvalue weighted by Gasteiger charge is -2.38. The van der Waals surface area contributed by atoms with E-state index in [4.69, 9.17) is 9.47 Å². The maximum absolute atomic E-state index is 11.1. The van der Waals surface area contributed by atoms with Gasteiger partial charge in [0.05, 0.1) is 18.8 Å². The Hall–Kier alpha value is -0.610. The summed E-state index contributed by atoms with van der Waals surface area (Å²) in [5.41, 5.74) is -0.0107. The highest BCUT2D eigenvalue weighted by Gasteiger charge is 2.26. The van der Waals surface area contributed by atoms with Crippen molar-refractivity contribution in [2.45, 2.75) is 52.1 Å². The monoisotopic (exact) mass is 257 g/mol. The van der Waals surface area contributed by atoms with Crippen LogP contribution in [0, 0.1) is 0 Å². The smallest absolute Gasteiger partial charge is 0.305 e. The highest BCUT2D eigenvalue weighted by molar-refractivity contribution is 5.69. The number of hydrogen-bond acceptors (Lipinski definition) is 4. The van der Waals surface area contributed by atoms with Gasteiger partial charge in [-0.1, -0.05) is 6.42 Å². The molecule has 106 valence electrons. The number of ether oxygens (including phenoxy) is 2. The predicted molar refractivity (Wildman–Crippen MR) is 71.6 cm³/mol. The van der Waals surface area contributed by atoms with E-state index in [9.17, 15) is 4.79 Å². The Bertz CT molecular complexity index is 253. The van der Waals surface area contributed by atoms with Crippen molar-refractivity contribution in [3.63, 3.8) is 0 Å². The molecule has 0 N–H and O–H groups in total. The fraction of sp³-hybridized carbons (Fsp3) is 0.929. The Kier molecular flexibility index (Phi) is 6.65. The molecular formula is C14H27NO3. The fourth-order valence-electron chi connectivity index (χ4n) is 2.32. The molecule has 4 heteroatoms. The molecule has 0 spiro atoms. The number of hydrogen-bond donors (Lipinski definition) is 0. The van der Waals surface area contributed by atoms with Gasteiger partial charge in [0.2, 0.25) is 0 Å². The molecule has 0 saturated carbocycles. The third-order valence-corrected chi connectivity index (χ3v) is 3.17. The van der Waals surface area contributed by atoms with E-state index in [1.54, 1.807) is 0 Å². The second-order valence-electron chi connectivity index (χ2n) is 5.50. The van der Waals surface area contributed by atoms with E-state index in [0.29, 0.717) is 13.0 Å². The van der Waals surface area contributed by atoms with Crippen LogP contribution in [0.4, 0.5) is 0 Å². The van der Waals surface area contributed by atoms with Crippen molar-refractivity contribution in [1.82, 2.24) is 4.90 Å². The van der Waals surface area contributed by atoms with Gasteiger partial charge in [-0.25, -0.2) is 0 Å². The molecule has 0 aromatic carbocycles. The van der Waals surface area contributed by atoms with E-state index in [2.05, 4.69) is 18.7 Å². The number of morpholine rings is 1. The van der Waals surface area contributed by atoms with Gasteiger partial charge in [0.25, 0.3) is 0 Å². The minimum atomic E-state index is -0.0648. The molecule has 1 rings (SSSR count). The van der Waals surface area contributed by atoms with E-state index in [1.807, 2.05) is 6.92 Å². The molecule has 4 nitrogen and oxygen atoms in total. The lowest BCUT2D eigenvalue weighted by atomic mass is 10.1. The van der Waals surface area contributed by atoms with Crippen LogP contribution in [0.5, 0.6) is 0 Å². The molecule has 0 unspecified atom stereocenters. The topological polar surface area (TPSA) is 38.8 Å². The van der Waals surface area contributed by atoms with Gasteiger partial charge >= 0.3 is 5.97 Å². The zero-order chi connectivity index (χ0) is 13.4. The third kappa shape index (κ3) is 6.36. The van der Waals surface area contributed by atoms with Gasteiger partial charge in [0, 0.05) is 19.5 Å². The second-order valence-corrected chi connectivity index (χ2v) is 5.50. The summed E-state index contributed by atoms with van der Waals surface area (Å²) in [4.78, 5) is 13.6. The molecule has 0 aromatic rings. The van der Waals surface area contributed by atoms with Crippen molar-refractivity contribution in [2.24, 2.45) is 0 Å². The number of esters is 1. The molecule has 1 aliphatic heterocycles. The number of nitrogens with zero attached hydrogens (tertiary/aromatic N) is 1. The summed E-state index contributed by atoms with van der Waals surface area (Å²) < 4.78 is 10.6. The zero-order valence-corrected chi connectivity index (χ0v) is 12.0. The average molecular weight is 257 g/mol. The molecule has 1 fully saturated rings. The molecule has 0 aliphatic carbocycles. The van der Waals surface area contributed by atoms with Crippen molar-refractivity contribution in [2.75, 3.05) is 32.8 Å². The quantitative estimate of drug-likeness (QED) is 0.518. The zero-order valence-electron chi connectivity index (χ0n) is 12.0. The van der Waals surface area contributed by atoms with Gasteiger partial charge in [-0.15, -0.1) is 0 Å². The van der Waals surface area contributed by atoms with Crippen LogP contribution in [0.15, 0.2) is 0 Å². The van der Waals surface area contributed by atoms with Crippen molar-refractivity contribution in [3.8, 4) is 0 Å². The summed E-state index contributed by atoms with van der Waals surface area (Å²) in [7, 11) is 0. The maximum Gasteiger partial charge on any atom is 0.305 e. The van der Waals surface area contributed by atoms with E-state index in [0.717, 1.165) is 45.5 Å². The summed E-state index contributed by atoms with van der Waals surface area (Å²) in [5.74, 6) is -0.0648. The summed E-state index contributed by atoms with van der Waals surface area (Å²) in [6.07, 6.45) is 3.74. The van der Waals surface area contributed by atoms with Gasteiger partial charge < -0.3 is 9.47 Å².